The van der Waals surface area contributed by atoms with Gasteiger partial charge in [0, 0.05) is 19.1 Å². The van der Waals surface area contributed by atoms with E-state index in [2.05, 4.69) is 73.4 Å². The van der Waals surface area contributed by atoms with E-state index in [0.717, 1.165) is 25.9 Å². The van der Waals surface area contributed by atoms with Crippen LogP contribution in [0.4, 0.5) is 0 Å². The first-order valence-electron chi connectivity index (χ1n) is 8.75. The van der Waals surface area contributed by atoms with E-state index < -0.39 is 0 Å². The van der Waals surface area contributed by atoms with Crippen LogP contribution in [-0.2, 0) is 13.0 Å². The Morgan fingerprint density at radius 3 is 2.08 bits per heavy atom. The van der Waals surface area contributed by atoms with Gasteiger partial charge in [-0.25, -0.2) is 0 Å². The van der Waals surface area contributed by atoms with Crippen molar-refractivity contribution in [1.29, 1.82) is 0 Å². The summed E-state index contributed by atoms with van der Waals surface area (Å²) in [5, 5.41) is 9.99. The van der Waals surface area contributed by atoms with Crippen molar-refractivity contribution in [3.8, 4) is 0 Å². The third-order valence-corrected chi connectivity index (χ3v) is 4.24. The molecule has 2 aromatic carbocycles. The summed E-state index contributed by atoms with van der Waals surface area (Å²) in [7, 11) is 0. The van der Waals surface area contributed by atoms with Crippen LogP contribution in [0.3, 0.4) is 0 Å². The Morgan fingerprint density at radius 2 is 1.54 bits per heavy atom. The number of aliphatic hydroxyl groups is 1. The molecule has 0 saturated carbocycles. The van der Waals surface area contributed by atoms with Gasteiger partial charge in [-0.2, -0.15) is 0 Å². The summed E-state index contributed by atoms with van der Waals surface area (Å²) in [5.41, 5.74) is 3.91. The smallest absolute Gasteiger partial charge is 0.0590 e. The fourth-order valence-electron chi connectivity index (χ4n) is 2.92. The molecule has 2 nitrogen and oxygen atoms in total. The van der Waals surface area contributed by atoms with Crippen LogP contribution >= 0.6 is 0 Å². The molecule has 0 heterocycles. The molecule has 0 unspecified atom stereocenters. The van der Waals surface area contributed by atoms with E-state index in [1.54, 1.807) is 0 Å². The molecular formula is C22H29NO. The molecule has 2 aromatic rings. The molecule has 0 spiro atoms. The molecule has 0 aliphatic carbocycles. The van der Waals surface area contributed by atoms with Crippen LogP contribution in [0.25, 0.3) is 0 Å². The summed E-state index contributed by atoms with van der Waals surface area (Å²) in [5.74, 6) is 0. The number of benzene rings is 2. The van der Waals surface area contributed by atoms with Crippen molar-refractivity contribution < 1.29 is 5.11 Å². The fourth-order valence-corrected chi connectivity index (χ4v) is 2.92. The minimum atomic E-state index is 0.137. The summed E-state index contributed by atoms with van der Waals surface area (Å²) in [6.07, 6.45) is 4.16. The zero-order valence-corrected chi connectivity index (χ0v) is 14.9. The van der Waals surface area contributed by atoms with Gasteiger partial charge in [0.1, 0.15) is 0 Å². The van der Waals surface area contributed by atoms with Crippen LogP contribution < -0.4 is 0 Å². The molecule has 128 valence electrons. The quantitative estimate of drug-likeness (QED) is 0.689. The number of hydrogen-bond acceptors (Lipinski definition) is 2. The van der Waals surface area contributed by atoms with Crippen LogP contribution in [0.15, 0.2) is 72.3 Å². The highest BCUT2D eigenvalue weighted by Gasteiger charge is 2.18. The number of allylic oxidation sites excluding steroid dienone is 1. The third kappa shape index (κ3) is 6.31. The molecule has 2 heteroatoms. The first-order valence-corrected chi connectivity index (χ1v) is 8.75. The second kappa shape index (κ2) is 10.1. The second-order valence-electron chi connectivity index (χ2n) is 6.55. The van der Waals surface area contributed by atoms with E-state index in [0.29, 0.717) is 0 Å². The van der Waals surface area contributed by atoms with Crippen molar-refractivity contribution in [3.05, 3.63) is 83.4 Å². The standard InChI is InChI=1S/C22H29NO/c1-19(2)10-9-15-23(17-21-13-7-4-8-14-21)22(18-24)16-20-11-5-3-6-12-20/h3-8,10-14,22,24H,9,15-18H2,1-2H3/t22-/m0/s1. The lowest BCUT2D eigenvalue weighted by molar-refractivity contribution is 0.117. The fraction of sp³-hybridized carbons (Fsp3) is 0.364. The van der Waals surface area contributed by atoms with Crippen LogP contribution in [0, 0.1) is 0 Å². The molecule has 0 saturated heterocycles. The molecule has 0 fully saturated rings. The Balaban J connectivity index is 2.10. The summed E-state index contributed by atoms with van der Waals surface area (Å²) < 4.78 is 0. The summed E-state index contributed by atoms with van der Waals surface area (Å²) in [6.45, 7) is 6.27. The SMILES string of the molecule is CC(C)=CCCN(Cc1ccccc1)[C@H](CO)Cc1ccccc1. The van der Waals surface area contributed by atoms with Crippen molar-refractivity contribution in [2.75, 3.05) is 13.2 Å². The molecular weight excluding hydrogens is 294 g/mol. The Labute approximate surface area is 146 Å². The maximum Gasteiger partial charge on any atom is 0.0590 e. The molecule has 2 rings (SSSR count). The lowest BCUT2D eigenvalue weighted by Gasteiger charge is -2.30. The average Bonchev–Trinajstić information content (AvgIpc) is 2.60. The first-order chi connectivity index (χ1) is 11.7. The minimum Gasteiger partial charge on any atom is -0.395 e. The van der Waals surface area contributed by atoms with Crippen molar-refractivity contribution in [1.82, 2.24) is 4.90 Å². The van der Waals surface area contributed by atoms with Crippen LogP contribution in [0.5, 0.6) is 0 Å². The number of hydrogen-bond donors (Lipinski definition) is 1. The molecule has 24 heavy (non-hydrogen) atoms. The summed E-state index contributed by atoms with van der Waals surface area (Å²) in [4.78, 5) is 2.40. The minimum absolute atomic E-state index is 0.137. The molecule has 0 radical (unpaired) electrons. The molecule has 0 amide bonds. The van der Waals surface area contributed by atoms with Gasteiger partial charge in [0.05, 0.1) is 6.61 Å². The van der Waals surface area contributed by atoms with Crippen molar-refractivity contribution in [2.24, 2.45) is 0 Å². The molecule has 0 bridgehead atoms. The summed E-state index contributed by atoms with van der Waals surface area (Å²) >= 11 is 0. The molecule has 0 aliphatic rings. The molecule has 1 atom stereocenters. The maximum atomic E-state index is 9.99. The van der Waals surface area contributed by atoms with E-state index in [1.165, 1.54) is 16.7 Å². The van der Waals surface area contributed by atoms with Gasteiger partial charge in [-0.3, -0.25) is 4.90 Å². The van der Waals surface area contributed by atoms with Crippen molar-refractivity contribution in [2.45, 2.75) is 39.3 Å². The maximum absolute atomic E-state index is 9.99. The number of aliphatic hydroxyl groups excluding tert-OH is 1. The zero-order valence-electron chi connectivity index (χ0n) is 14.9. The first kappa shape index (κ1) is 18.4. The van der Waals surface area contributed by atoms with E-state index in [-0.39, 0.29) is 12.6 Å². The highest BCUT2D eigenvalue weighted by molar-refractivity contribution is 5.17. The van der Waals surface area contributed by atoms with Gasteiger partial charge < -0.3 is 5.11 Å². The second-order valence-corrected chi connectivity index (χ2v) is 6.55. The Hall–Kier alpha value is -1.90. The Bertz CT molecular complexity index is 602. The van der Waals surface area contributed by atoms with Gasteiger partial charge in [-0.15, -0.1) is 0 Å². The van der Waals surface area contributed by atoms with E-state index in [1.807, 2.05) is 12.1 Å². The van der Waals surface area contributed by atoms with Gasteiger partial charge in [0.25, 0.3) is 0 Å². The van der Waals surface area contributed by atoms with E-state index >= 15 is 0 Å². The molecule has 0 aliphatic heterocycles. The lowest BCUT2D eigenvalue weighted by atomic mass is 10.0. The predicted molar refractivity (Wildman–Crippen MR) is 102 cm³/mol. The van der Waals surface area contributed by atoms with Crippen molar-refractivity contribution in [3.63, 3.8) is 0 Å². The zero-order chi connectivity index (χ0) is 17.2. The number of nitrogens with zero attached hydrogens (tertiary/aromatic N) is 1. The van der Waals surface area contributed by atoms with Gasteiger partial charge in [-0.1, -0.05) is 72.3 Å². The molecule has 1 N–H and O–H groups in total. The average molecular weight is 323 g/mol. The normalized spacial score (nSPS) is 12.2. The summed E-state index contributed by atoms with van der Waals surface area (Å²) in [6, 6.07) is 21.1. The van der Waals surface area contributed by atoms with Crippen LogP contribution in [-0.4, -0.2) is 29.2 Å². The Morgan fingerprint density at radius 1 is 0.958 bits per heavy atom. The van der Waals surface area contributed by atoms with Gasteiger partial charge in [0.2, 0.25) is 0 Å². The topological polar surface area (TPSA) is 23.5 Å². The third-order valence-electron chi connectivity index (χ3n) is 4.24. The highest BCUT2D eigenvalue weighted by Crippen LogP contribution is 2.14. The highest BCUT2D eigenvalue weighted by atomic mass is 16.3. The van der Waals surface area contributed by atoms with Gasteiger partial charge in [0.15, 0.2) is 0 Å². The van der Waals surface area contributed by atoms with Gasteiger partial charge >= 0.3 is 0 Å². The largest absolute Gasteiger partial charge is 0.395 e. The predicted octanol–water partition coefficient (Wildman–Crippen LogP) is 4.45. The number of rotatable bonds is 9. The lowest BCUT2D eigenvalue weighted by Crippen LogP contribution is -2.39. The van der Waals surface area contributed by atoms with Crippen LogP contribution in [0.2, 0.25) is 0 Å². The van der Waals surface area contributed by atoms with Gasteiger partial charge in [-0.05, 0) is 37.8 Å². The molecule has 0 aromatic heterocycles. The monoisotopic (exact) mass is 323 g/mol. The Kier molecular flexibility index (Phi) is 7.73. The van der Waals surface area contributed by atoms with Crippen molar-refractivity contribution >= 4 is 0 Å². The van der Waals surface area contributed by atoms with E-state index in [9.17, 15) is 5.11 Å². The van der Waals surface area contributed by atoms with Crippen LogP contribution in [0.1, 0.15) is 31.4 Å². The van der Waals surface area contributed by atoms with E-state index in [4.69, 9.17) is 0 Å².